The number of nitrogens with zero attached hydrogens (tertiary/aromatic N) is 1. The largest absolute Gasteiger partial charge is 0.460 e. The van der Waals surface area contributed by atoms with Crippen LogP contribution in [0.4, 0.5) is 0 Å². The van der Waals surface area contributed by atoms with Crippen LogP contribution in [-0.2, 0) is 52.1 Å². The molecule has 408 valence electrons. The number of ether oxygens (including phenoxy) is 5. The van der Waals surface area contributed by atoms with Crippen LogP contribution in [-0.4, -0.2) is 135 Å². The number of hydrogen-bond donors (Lipinski definition) is 2. The molecule has 4 aliphatic rings. The first kappa shape index (κ1) is 61.4. The Morgan fingerprint density at radius 1 is 0.847 bits per heavy atom. The van der Waals surface area contributed by atoms with E-state index in [9.17, 15) is 34.2 Å². The molecule has 3 fully saturated rings. The van der Waals surface area contributed by atoms with Crippen LogP contribution in [0.2, 0.25) is 18.1 Å². The molecule has 0 aromatic carbocycles. The van der Waals surface area contributed by atoms with Gasteiger partial charge in [-0.1, -0.05) is 91.8 Å². The van der Waals surface area contributed by atoms with E-state index in [1.54, 1.807) is 41.1 Å². The predicted molar refractivity (Wildman–Crippen MR) is 281 cm³/mol. The number of ketones is 3. The molecule has 0 radical (unpaired) electrons. The summed E-state index contributed by atoms with van der Waals surface area (Å²) < 4.78 is 37.0. The first-order valence-electron chi connectivity index (χ1n) is 26.9. The number of rotatable bonds is 8. The van der Waals surface area contributed by atoms with E-state index in [0.29, 0.717) is 50.5 Å². The van der Waals surface area contributed by atoms with Gasteiger partial charge in [-0.3, -0.25) is 19.2 Å². The number of carbonyl (C=O) groups excluding carboxylic acids is 5. The maximum absolute atomic E-state index is 14.6. The molecule has 15 atom stereocenters. The van der Waals surface area contributed by atoms with Crippen molar-refractivity contribution in [3.8, 4) is 0 Å². The maximum Gasteiger partial charge on any atom is 0.329 e. The Balaban J connectivity index is 1.70. The fourth-order valence-electron chi connectivity index (χ4n) is 10.8. The van der Waals surface area contributed by atoms with E-state index in [4.69, 9.17) is 28.1 Å². The van der Waals surface area contributed by atoms with Crippen LogP contribution in [0.25, 0.3) is 0 Å². The van der Waals surface area contributed by atoms with Gasteiger partial charge in [-0.15, -0.1) is 0 Å². The van der Waals surface area contributed by atoms with Gasteiger partial charge in [0.15, 0.2) is 14.1 Å². The molecule has 3 heterocycles. The number of Topliss-reactive ketones (excluding diaryl/α,β-unsaturated/α-hetero) is 3. The highest BCUT2D eigenvalue weighted by atomic mass is 28.4. The van der Waals surface area contributed by atoms with Crippen LogP contribution in [0, 0.1) is 35.5 Å². The topological polar surface area (TPSA) is 184 Å². The van der Waals surface area contributed by atoms with Gasteiger partial charge in [0.2, 0.25) is 5.79 Å². The molecule has 1 amide bonds. The van der Waals surface area contributed by atoms with Gasteiger partial charge in [0, 0.05) is 58.5 Å². The molecule has 1 saturated carbocycles. The Kier molecular flexibility index (Phi) is 23.1. The minimum Gasteiger partial charge on any atom is -0.460 e. The molecule has 2 N–H and O–H groups in total. The summed E-state index contributed by atoms with van der Waals surface area (Å²) in [5.74, 6) is -7.77. The maximum atomic E-state index is 14.6. The van der Waals surface area contributed by atoms with Crippen molar-refractivity contribution in [1.82, 2.24) is 4.90 Å². The van der Waals surface area contributed by atoms with Crippen LogP contribution >= 0.6 is 0 Å². The van der Waals surface area contributed by atoms with Gasteiger partial charge in [0.25, 0.3) is 11.7 Å². The molecule has 72 heavy (non-hydrogen) atoms. The molecule has 15 heteroatoms. The number of aliphatic hydroxyl groups excluding tert-OH is 1. The van der Waals surface area contributed by atoms with Gasteiger partial charge in [0.05, 0.1) is 24.4 Å². The number of methoxy groups -OCH3 is 3. The third kappa shape index (κ3) is 15.9. The average Bonchev–Trinajstić information content (AvgIpc) is 3.32. The number of hydrogen-bond acceptors (Lipinski definition) is 13. The van der Waals surface area contributed by atoms with Gasteiger partial charge >= 0.3 is 5.97 Å². The number of carbonyl (C=O) groups is 5. The lowest BCUT2D eigenvalue weighted by atomic mass is 9.78. The highest BCUT2D eigenvalue weighted by molar-refractivity contribution is 6.74. The second-order valence-corrected chi connectivity index (χ2v) is 28.2. The Morgan fingerprint density at radius 2 is 1.54 bits per heavy atom. The quantitative estimate of drug-likeness (QED) is 0.102. The molecule has 0 spiro atoms. The lowest BCUT2D eigenvalue weighted by Crippen LogP contribution is -2.61. The van der Waals surface area contributed by atoms with Crippen molar-refractivity contribution in [1.29, 1.82) is 0 Å². The fourth-order valence-corrected chi connectivity index (χ4v) is 12.2. The Hall–Kier alpha value is -3.15. The van der Waals surface area contributed by atoms with E-state index in [1.807, 2.05) is 58.1 Å². The van der Waals surface area contributed by atoms with Crippen molar-refractivity contribution >= 4 is 37.5 Å². The molecule has 14 nitrogen and oxygen atoms in total. The summed E-state index contributed by atoms with van der Waals surface area (Å²) in [6.45, 7) is 24.1. The van der Waals surface area contributed by atoms with Crippen LogP contribution in [0.1, 0.15) is 146 Å². The van der Waals surface area contributed by atoms with E-state index >= 15 is 0 Å². The monoisotopic (exact) mass is 1030 g/mol. The second kappa shape index (κ2) is 27.1. The molecule has 1 unspecified atom stereocenters. The first-order valence-corrected chi connectivity index (χ1v) is 29.8. The van der Waals surface area contributed by atoms with E-state index < -0.39 is 86.1 Å². The average molecular weight is 1030 g/mol. The van der Waals surface area contributed by atoms with Crippen molar-refractivity contribution in [2.45, 2.75) is 219 Å². The number of esters is 1. The summed E-state index contributed by atoms with van der Waals surface area (Å²) in [5, 5.41) is 23.6. The van der Waals surface area contributed by atoms with E-state index in [-0.39, 0.29) is 66.0 Å². The third-order valence-corrected chi connectivity index (χ3v) is 21.2. The van der Waals surface area contributed by atoms with Crippen LogP contribution in [0.3, 0.4) is 0 Å². The molecular weight excluding hydrogens is 935 g/mol. The van der Waals surface area contributed by atoms with Crippen molar-refractivity contribution in [2.75, 3.05) is 27.9 Å². The van der Waals surface area contributed by atoms with Gasteiger partial charge < -0.3 is 43.2 Å². The number of aliphatic hydroxyl groups is 2. The smallest absolute Gasteiger partial charge is 0.329 e. The Labute approximate surface area is 433 Å². The minimum absolute atomic E-state index is 0.0209. The molecule has 1 aliphatic carbocycles. The molecule has 4 rings (SSSR count). The van der Waals surface area contributed by atoms with E-state index in [2.05, 4.69) is 33.9 Å². The SMILES string of the molecule is CO[C@H]1C[C@@H]2CC[C@@H](C)[C@@](O)(O2)C(=O)C(=O)N2CCCC[C@H]2C(=O)O[C@H]([C@H](C)C[C@@H]2CCC(O[Si](C)(C)C(C)(C)C)[C@H](OC)C2)CC(=O)[C@H](C)/C=C(\C)[C@@H](O)[C@@H](OC)C(=O)[C@H](C)C[C@H](C)/C=C/C=CC=C1C. The second-order valence-electron chi connectivity index (χ2n) is 23.4. The van der Waals surface area contributed by atoms with Gasteiger partial charge in [-0.05, 0) is 125 Å². The van der Waals surface area contributed by atoms with E-state index in [0.717, 1.165) is 24.8 Å². The zero-order chi connectivity index (χ0) is 53.9. The summed E-state index contributed by atoms with van der Waals surface area (Å²) in [5.41, 5.74) is 1.29. The first-order chi connectivity index (χ1) is 33.7. The van der Waals surface area contributed by atoms with Crippen molar-refractivity contribution < 1.29 is 62.3 Å². The Morgan fingerprint density at radius 3 is 2.18 bits per heavy atom. The summed E-state index contributed by atoms with van der Waals surface area (Å²) in [6, 6.07) is -1.13. The van der Waals surface area contributed by atoms with Crippen LogP contribution in [0.5, 0.6) is 0 Å². The van der Waals surface area contributed by atoms with Crippen LogP contribution in [0.15, 0.2) is 47.6 Å². The summed E-state index contributed by atoms with van der Waals surface area (Å²) in [6.07, 6.45) is 12.7. The normalized spacial score (nSPS) is 37.0. The summed E-state index contributed by atoms with van der Waals surface area (Å²) in [4.78, 5) is 72.7. The zero-order valence-corrected chi connectivity index (χ0v) is 47.6. The summed E-state index contributed by atoms with van der Waals surface area (Å²) >= 11 is 0. The molecule has 0 aromatic heterocycles. The zero-order valence-electron chi connectivity index (χ0n) is 46.6. The Bertz CT molecular complexity index is 1970. The van der Waals surface area contributed by atoms with Gasteiger partial charge in [-0.25, -0.2) is 4.79 Å². The number of fused-ring (bicyclic) bond motifs is 3. The number of allylic oxidation sites excluding steroid dienone is 6. The third-order valence-electron chi connectivity index (χ3n) is 16.7. The number of amides is 1. The molecular formula is C57H93NO13Si. The molecule has 0 aromatic rings. The van der Waals surface area contributed by atoms with Crippen molar-refractivity contribution in [3.05, 3.63) is 47.6 Å². The van der Waals surface area contributed by atoms with Crippen molar-refractivity contribution in [2.24, 2.45) is 35.5 Å². The molecule has 2 bridgehead atoms. The molecule has 3 aliphatic heterocycles. The number of cyclic esters (lactones) is 1. The van der Waals surface area contributed by atoms with Crippen LogP contribution < -0.4 is 0 Å². The lowest BCUT2D eigenvalue weighted by molar-refractivity contribution is -0.265. The fraction of sp³-hybridized carbons (Fsp3) is 0.772. The minimum atomic E-state index is -2.43. The standard InChI is InChI=1S/C57H93NO13Si/c1-35-21-17-16-18-22-36(2)47(66-11)33-43-26-24-41(7)57(65,70-43)53(62)54(63)58-28-20-19-23-44(58)55(64)69-48(34-45(59)37(3)30-40(6)51(61)52(68-13)50(60)39(5)29-35)38(4)31-42-25-27-46(49(32-42)67-12)71-72(14,15)56(8,9)10/h16-18,21-22,30,35,37-39,41-44,46-49,51-52,61,65H,19-20,23-29,31-34H2,1-15H3/b18-16?,21-17+,36-22?,40-30+/t35-,37-,38-,39-,41-,42+,43+,44+,46?,47+,48+,49-,51-,52+,57-/m1/s1. The predicted octanol–water partition coefficient (Wildman–Crippen LogP) is 9.21. The molecule has 2 saturated heterocycles. The lowest BCUT2D eigenvalue weighted by Gasteiger charge is -2.44. The summed E-state index contributed by atoms with van der Waals surface area (Å²) in [7, 11) is 2.61. The highest BCUT2D eigenvalue weighted by Gasteiger charge is 2.53. The van der Waals surface area contributed by atoms with E-state index in [1.165, 1.54) is 12.0 Å². The highest BCUT2D eigenvalue weighted by Crippen LogP contribution is 2.42. The number of piperidine rings is 1. The van der Waals surface area contributed by atoms with Gasteiger partial charge in [-0.2, -0.15) is 0 Å². The van der Waals surface area contributed by atoms with Crippen molar-refractivity contribution in [3.63, 3.8) is 0 Å². The van der Waals surface area contributed by atoms with Gasteiger partial charge in [0.1, 0.15) is 30.1 Å².